The maximum atomic E-state index is 14.3. The Hall–Kier alpha value is -3.97. The molecular formula is C34H36N4O2S. The number of aromatic nitrogens is 3. The number of pyridine rings is 1. The van der Waals surface area contributed by atoms with E-state index in [2.05, 4.69) is 36.2 Å². The molecule has 0 N–H and O–H groups in total. The molecule has 1 amide bonds. The fourth-order valence-electron chi connectivity index (χ4n) is 6.23. The minimum Gasteiger partial charge on any atom is -0.339 e. The molecule has 3 heterocycles. The third-order valence-electron chi connectivity index (χ3n) is 8.58. The average molecular weight is 565 g/mol. The molecule has 0 spiro atoms. The van der Waals surface area contributed by atoms with Gasteiger partial charge in [-0.05, 0) is 59.2 Å². The number of hydrogen-bond acceptors (Lipinski definition) is 4. The molecule has 4 aromatic rings. The minimum absolute atomic E-state index is 0.0467. The first-order valence-corrected chi connectivity index (χ1v) is 15.4. The maximum absolute atomic E-state index is 14.3. The van der Waals surface area contributed by atoms with Crippen molar-refractivity contribution in [1.29, 1.82) is 0 Å². The molecule has 1 fully saturated rings. The van der Waals surface area contributed by atoms with Gasteiger partial charge in [-0.25, -0.2) is 4.79 Å². The van der Waals surface area contributed by atoms with Crippen LogP contribution in [0.15, 0.2) is 82.7 Å². The van der Waals surface area contributed by atoms with Crippen molar-refractivity contribution in [3.05, 3.63) is 116 Å². The number of likely N-dealkylation sites (N-methyl/N-ethyl adjacent to an activating group) is 1. The number of imidazole rings is 1. The van der Waals surface area contributed by atoms with Gasteiger partial charge in [-0.2, -0.15) is 0 Å². The third kappa shape index (κ3) is 5.51. The van der Waals surface area contributed by atoms with Gasteiger partial charge in [0.15, 0.2) is 0 Å². The number of nitrogens with zero attached hydrogens (tertiary/aromatic N) is 4. The summed E-state index contributed by atoms with van der Waals surface area (Å²) in [6.07, 6.45) is 13.3. The number of hydrogen-bond donors (Lipinski definition) is 0. The smallest absolute Gasteiger partial charge is 0.329 e. The molecule has 0 aliphatic heterocycles. The Bertz CT molecular complexity index is 1630. The molecule has 210 valence electrons. The molecule has 2 aliphatic carbocycles. The fraction of sp³-hybridized carbons (Fsp3) is 0.324. The quantitative estimate of drug-likeness (QED) is 0.255. The van der Waals surface area contributed by atoms with E-state index in [1.807, 2.05) is 68.9 Å². The predicted octanol–water partition coefficient (Wildman–Crippen LogP) is 6.57. The zero-order valence-corrected chi connectivity index (χ0v) is 24.5. The summed E-state index contributed by atoms with van der Waals surface area (Å²) < 4.78 is 3.67. The van der Waals surface area contributed by atoms with Crippen LogP contribution in [-0.4, -0.2) is 38.0 Å². The number of carbonyl (C=O) groups excluding carboxylic acids is 1. The molecule has 1 saturated carbocycles. The van der Waals surface area contributed by atoms with Crippen LogP contribution in [0.4, 0.5) is 0 Å². The van der Waals surface area contributed by atoms with Crippen molar-refractivity contribution in [2.45, 2.75) is 58.2 Å². The molecule has 0 radical (unpaired) electrons. The molecular weight excluding hydrogens is 528 g/mol. The highest BCUT2D eigenvalue weighted by Crippen LogP contribution is 2.38. The molecule has 1 aromatic carbocycles. The lowest BCUT2D eigenvalue weighted by molar-refractivity contribution is -0.128. The van der Waals surface area contributed by atoms with Crippen molar-refractivity contribution in [2.24, 2.45) is 5.92 Å². The highest BCUT2D eigenvalue weighted by atomic mass is 32.1. The third-order valence-corrected chi connectivity index (χ3v) is 9.44. The van der Waals surface area contributed by atoms with Crippen molar-refractivity contribution in [3.8, 4) is 0 Å². The van der Waals surface area contributed by atoms with E-state index in [9.17, 15) is 9.59 Å². The topological polar surface area (TPSA) is 60.1 Å². The maximum Gasteiger partial charge on any atom is 0.329 e. The van der Waals surface area contributed by atoms with Gasteiger partial charge >= 0.3 is 5.69 Å². The number of fused-ring (bicyclic) bond motifs is 1. The van der Waals surface area contributed by atoms with Gasteiger partial charge in [-0.1, -0.05) is 68.7 Å². The predicted molar refractivity (Wildman–Crippen MR) is 167 cm³/mol. The van der Waals surface area contributed by atoms with Crippen LogP contribution >= 0.6 is 11.3 Å². The second-order valence-electron chi connectivity index (χ2n) is 11.2. The zero-order chi connectivity index (χ0) is 28.3. The molecule has 41 heavy (non-hydrogen) atoms. The Kier molecular flexibility index (Phi) is 7.88. The summed E-state index contributed by atoms with van der Waals surface area (Å²) in [6.45, 7) is 2.98. The van der Waals surface area contributed by atoms with Crippen LogP contribution in [0.2, 0.25) is 0 Å². The second-order valence-corrected chi connectivity index (χ2v) is 12.2. The first-order valence-electron chi connectivity index (χ1n) is 14.5. The Morgan fingerprint density at radius 1 is 0.951 bits per heavy atom. The van der Waals surface area contributed by atoms with Crippen molar-refractivity contribution >= 4 is 35.0 Å². The van der Waals surface area contributed by atoms with Gasteiger partial charge in [0.1, 0.15) is 0 Å². The van der Waals surface area contributed by atoms with Crippen molar-refractivity contribution in [3.63, 3.8) is 0 Å². The summed E-state index contributed by atoms with van der Waals surface area (Å²) in [6, 6.07) is 18.4. The zero-order valence-electron chi connectivity index (χ0n) is 23.7. The Morgan fingerprint density at radius 2 is 1.71 bits per heavy atom. The summed E-state index contributed by atoms with van der Waals surface area (Å²) in [5, 5.41) is 2.04. The van der Waals surface area contributed by atoms with Crippen molar-refractivity contribution < 1.29 is 4.79 Å². The van der Waals surface area contributed by atoms with Crippen LogP contribution < -0.4 is 5.69 Å². The molecule has 0 saturated heterocycles. The lowest BCUT2D eigenvalue weighted by atomic mass is 9.86. The standard InChI is InChI=1S/C34H36N4O2S/c1-24-29(26-12-5-3-6-13-26)19-31-32(20-30(24)33(39)36(2)27-14-7-4-8-15-27)37(22-25-11-9-17-35-21-25)34(40)38(31)23-28-16-10-18-41-28/h3,5-6,9-13,16-21,24,27H,4,7-8,14-15,22-23H2,1-2H3/t24-/m1/s1. The molecule has 3 aromatic heterocycles. The molecule has 6 nitrogen and oxygen atoms in total. The van der Waals surface area contributed by atoms with E-state index in [1.165, 1.54) is 6.42 Å². The van der Waals surface area contributed by atoms with Crippen LogP contribution in [0.5, 0.6) is 0 Å². The van der Waals surface area contributed by atoms with Crippen LogP contribution in [0, 0.1) is 5.92 Å². The van der Waals surface area contributed by atoms with E-state index < -0.39 is 0 Å². The van der Waals surface area contributed by atoms with Gasteiger partial charge in [-0.15, -0.1) is 11.3 Å². The summed E-state index contributed by atoms with van der Waals surface area (Å²) in [5.74, 6) is -0.106. The van der Waals surface area contributed by atoms with E-state index in [0.717, 1.165) is 64.2 Å². The van der Waals surface area contributed by atoms with E-state index in [0.29, 0.717) is 13.1 Å². The monoisotopic (exact) mass is 564 g/mol. The number of amides is 1. The van der Waals surface area contributed by atoms with Gasteiger partial charge in [0, 0.05) is 41.9 Å². The lowest BCUT2D eigenvalue weighted by Gasteiger charge is -2.33. The highest BCUT2D eigenvalue weighted by Gasteiger charge is 2.32. The molecule has 6 rings (SSSR count). The summed E-state index contributed by atoms with van der Waals surface area (Å²) >= 11 is 1.64. The second kappa shape index (κ2) is 11.9. The summed E-state index contributed by atoms with van der Waals surface area (Å²) in [5.41, 5.74) is 5.28. The summed E-state index contributed by atoms with van der Waals surface area (Å²) in [4.78, 5) is 35.8. The number of thiophene rings is 1. The van der Waals surface area contributed by atoms with Gasteiger partial charge in [-0.3, -0.25) is 18.9 Å². The first-order chi connectivity index (χ1) is 20.0. The van der Waals surface area contributed by atoms with E-state index in [-0.39, 0.29) is 23.6 Å². The molecule has 0 unspecified atom stereocenters. The lowest BCUT2D eigenvalue weighted by Crippen LogP contribution is -2.40. The van der Waals surface area contributed by atoms with E-state index in [4.69, 9.17) is 0 Å². The van der Waals surface area contributed by atoms with Gasteiger partial charge in [0.05, 0.1) is 24.5 Å². The molecule has 0 bridgehead atoms. The van der Waals surface area contributed by atoms with Crippen molar-refractivity contribution in [2.75, 3.05) is 7.05 Å². The number of carbonyl (C=O) groups is 1. The Labute approximate surface area is 245 Å². The van der Waals surface area contributed by atoms with Crippen LogP contribution in [0.25, 0.3) is 17.7 Å². The molecule has 2 aliphatic rings. The normalized spacial score (nSPS) is 17.4. The Morgan fingerprint density at radius 3 is 2.41 bits per heavy atom. The van der Waals surface area contributed by atoms with E-state index in [1.54, 1.807) is 23.7 Å². The van der Waals surface area contributed by atoms with Crippen LogP contribution in [0.1, 0.15) is 66.4 Å². The number of benzene rings is 1. The van der Waals surface area contributed by atoms with Gasteiger partial charge in [0.25, 0.3) is 0 Å². The summed E-state index contributed by atoms with van der Waals surface area (Å²) in [7, 11) is 1.95. The SMILES string of the molecule is C[C@H]1C(C(=O)N(C)C2CCCCC2)=Cc2c(n(Cc3cccs3)c(=O)n2Cc2cccnc2)C=C1c1ccccc1. The molecule has 7 heteroatoms. The highest BCUT2D eigenvalue weighted by molar-refractivity contribution is 7.09. The van der Waals surface area contributed by atoms with Gasteiger partial charge in [0.2, 0.25) is 5.91 Å². The van der Waals surface area contributed by atoms with Crippen LogP contribution in [0.3, 0.4) is 0 Å². The number of allylic oxidation sites excluding steroid dienone is 1. The first kappa shape index (κ1) is 27.2. The Balaban J connectivity index is 1.55. The average Bonchev–Trinajstić information content (AvgIpc) is 3.57. The minimum atomic E-state index is -0.152. The van der Waals surface area contributed by atoms with Crippen molar-refractivity contribution in [1.82, 2.24) is 19.0 Å². The fourth-order valence-corrected chi connectivity index (χ4v) is 6.92. The van der Waals surface area contributed by atoms with E-state index >= 15 is 0 Å². The number of rotatable bonds is 7. The largest absolute Gasteiger partial charge is 0.339 e. The van der Waals surface area contributed by atoms with Gasteiger partial charge < -0.3 is 4.90 Å². The van der Waals surface area contributed by atoms with Crippen LogP contribution in [-0.2, 0) is 17.9 Å². The molecule has 1 atom stereocenters.